The van der Waals surface area contributed by atoms with Crippen LogP contribution in [0.3, 0.4) is 0 Å². The lowest BCUT2D eigenvalue weighted by atomic mass is 10.00. The average Bonchev–Trinajstić information content (AvgIpc) is 2.32. The van der Waals surface area contributed by atoms with Gasteiger partial charge in [0.25, 0.3) is 0 Å². The van der Waals surface area contributed by atoms with Crippen molar-refractivity contribution >= 4 is 21.6 Å². The van der Waals surface area contributed by atoms with E-state index in [4.69, 9.17) is 0 Å². The Balaban J connectivity index is 2.23. The van der Waals surface area contributed by atoms with Crippen molar-refractivity contribution in [3.63, 3.8) is 0 Å². The van der Waals surface area contributed by atoms with Crippen LogP contribution in [0.4, 0.5) is 10.1 Å². The van der Waals surface area contributed by atoms with E-state index in [0.717, 1.165) is 10.2 Å². The third-order valence-electron chi connectivity index (χ3n) is 3.19. The van der Waals surface area contributed by atoms with E-state index in [1.165, 1.54) is 28.8 Å². The zero-order valence-corrected chi connectivity index (χ0v) is 12.9. The molecule has 0 aliphatic heterocycles. The lowest BCUT2D eigenvalue weighted by Crippen LogP contribution is -2.08. The van der Waals surface area contributed by atoms with Crippen LogP contribution in [0.15, 0.2) is 40.9 Å². The van der Waals surface area contributed by atoms with Crippen LogP contribution in [0.1, 0.15) is 29.7 Å². The lowest BCUT2D eigenvalue weighted by Gasteiger charge is -2.19. The van der Waals surface area contributed by atoms with Crippen molar-refractivity contribution in [2.24, 2.45) is 0 Å². The summed E-state index contributed by atoms with van der Waals surface area (Å²) in [6.07, 6.45) is 0. The van der Waals surface area contributed by atoms with E-state index in [2.05, 4.69) is 60.2 Å². The Morgan fingerprint density at radius 1 is 1.11 bits per heavy atom. The third kappa shape index (κ3) is 3.35. The minimum absolute atomic E-state index is 0.169. The molecule has 1 nitrogen and oxygen atoms in total. The third-order valence-corrected chi connectivity index (χ3v) is 3.85. The van der Waals surface area contributed by atoms with Crippen LogP contribution in [0.5, 0.6) is 0 Å². The number of anilines is 1. The molecule has 0 spiro atoms. The highest BCUT2D eigenvalue weighted by Gasteiger charge is 2.10. The van der Waals surface area contributed by atoms with E-state index < -0.39 is 0 Å². The van der Waals surface area contributed by atoms with Gasteiger partial charge in [0.1, 0.15) is 5.82 Å². The number of benzene rings is 2. The molecule has 0 bridgehead atoms. The molecule has 2 aromatic rings. The highest BCUT2D eigenvalue weighted by Crippen LogP contribution is 2.28. The van der Waals surface area contributed by atoms with Crippen molar-refractivity contribution in [2.45, 2.75) is 26.8 Å². The molecule has 2 aromatic carbocycles. The molecule has 0 saturated carbocycles. The Morgan fingerprint density at radius 2 is 1.84 bits per heavy atom. The smallest absolute Gasteiger partial charge is 0.124 e. The molecule has 3 heteroatoms. The van der Waals surface area contributed by atoms with Gasteiger partial charge in [-0.15, -0.1) is 0 Å². The minimum atomic E-state index is -0.239. The van der Waals surface area contributed by atoms with Crippen molar-refractivity contribution in [2.75, 3.05) is 5.32 Å². The summed E-state index contributed by atoms with van der Waals surface area (Å²) in [5.41, 5.74) is 4.67. The lowest BCUT2D eigenvalue weighted by molar-refractivity contribution is 0.627. The number of hydrogen-bond acceptors (Lipinski definition) is 1. The van der Waals surface area contributed by atoms with Crippen LogP contribution in [-0.2, 0) is 0 Å². The van der Waals surface area contributed by atoms with Gasteiger partial charge in [-0.05, 0) is 66.0 Å². The van der Waals surface area contributed by atoms with Gasteiger partial charge >= 0.3 is 0 Å². The summed E-state index contributed by atoms with van der Waals surface area (Å²) < 4.78 is 13.8. The van der Waals surface area contributed by atoms with Gasteiger partial charge in [-0.3, -0.25) is 0 Å². The van der Waals surface area contributed by atoms with E-state index in [1.54, 1.807) is 6.07 Å². The molecule has 2 rings (SSSR count). The molecular weight excluding hydrogens is 305 g/mol. The number of nitrogens with one attached hydrogen (secondary N) is 1. The Kier molecular flexibility index (Phi) is 4.25. The quantitative estimate of drug-likeness (QED) is 0.800. The normalized spacial score (nSPS) is 12.3. The SMILES string of the molecule is Cc1ccc(C(C)Nc2ccc(F)cc2Br)c(C)c1. The van der Waals surface area contributed by atoms with Crippen molar-refractivity contribution in [1.29, 1.82) is 0 Å². The summed E-state index contributed by atoms with van der Waals surface area (Å²) in [7, 11) is 0. The topological polar surface area (TPSA) is 12.0 Å². The second-order valence-electron chi connectivity index (χ2n) is 4.85. The van der Waals surface area contributed by atoms with Gasteiger partial charge in [-0.25, -0.2) is 4.39 Å². The molecule has 1 unspecified atom stereocenters. The molecule has 100 valence electrons. The monoisotopic (exact) mass is 321 g/mol. The first kappa shape index (κ1) is 14.1. The molecule has 19 heavy (non-hydrogen) atoms. The molecule has 0 aliphatic rings. The Bertz CT molecular complexity index is 595. The maximum Gasteiger partial charge on any atom is 0.124 e. The Hall–Kier alpha value is -1.35. The van der Waals surface area contributed by atoms with Crippen LogP contribution in [0.25, 0.3) is 0 Å². The van der Waals surface area contributed by atoms with E-state index in [-0.39, 0.29) is 11.9 Å². The Morgan fingerprint density at radius 3 is 2.47 bits per heavy atom. The second kappa shape index (κ2) is 5.74. The molecule has 0 radical (unpaired) electrons. The second-order valence-corrected chi connectivity index (χ2v) is 5.70. The van der Waals surface area contributed by atoms with Crippen molar-refractivity contribution in [1.82, 2.24) is 0 Å². The Labute approximate surface area is 122 Å². The zero-order valence-electron chi connectivity index (χ0n) is 11.3. The molecule has 1 atom stereocenters. The van der Waals surface area contributed by atoms with Crippen LogP contribution < -0.4 is 5.32 Å². The minimum Gasteiger partial charge on any atom is -0.378 e. The molecular formula is C16H17BrFN. The standard InChI is InChI=1S/C16H17BrFN/c1-10-4-6-14(11(2)8-10)12(3)19-16-7-5-13(18)9-15(16)17/h4-9,12,19H,1-3H3. The number of hydrogen-bond donors (Lipinski definition) is 1. The van der Waals surface area contributed by atoms with Gasteiger partial charge in [0, 0.05) is 16.2 Å². The predicted molar refractivity (Wildman–Crippen MR) is 82.1 cm³/mol. The number of halogens is 2. The first-order chi connectivity index (χ1) is 8.97. The molecule has 0 aromatic heterocycles. The number of rotatable bonds is 3. The molecule has 0 saturated heterocycles. The van der Waals surface area contributed by atoms with Crippen LogP contribution in [-0.4, -0.2) is 0 Å². The summed E-state index contributed by atoms with van der Waals surface area (Å²) in [6, 6.07) is 11.3. The van der Waals surface area contributed by atoms with Gasteiger partial charge < -0.3 is 5.32 Å². The van der Waals surface area contributed by atoms with E-state index in [9.17, 15) is 4.39 Å². The summed E-state index contributed by atoms with van der Waals surface area (Å²) in [5, 5.41) is 3.40. The van der Waals surface area contributed by atoms with Crippen LogP contribution >= 0.6 is 15.9 Å². The number of aryl methyl sites for hydroxylation is 2. The first-order valence-electron chi connectivity index (χ1n) is 6.26. The maximum atomic E-state index is 13.1. The molecule has 0 amide bonds. The fourth-order valence-electron chi connectivity index (χ4n) is 2.23. The van der Waals surface area contributed by atoms with Gasteiger partial charge in [0.2, 0.25) is 0 Å². The van der Waals surface area contributed by atoms with Crippen molar-refractivity contribution < 1.29 is 4.39 Å². The highest BCUT2D eigenvalue weighted by molar-refractivity contribution is 9.10. The summed E-state index contributed by atoms with van der Waals surface area (Å²) in [6.45, 7) is 6.30. The van der Waals surface area contributed by atoms with E-state index >= 15 is 0 Å². The van der Waals surface area contributed by atoms with E-state index in [1.807, 2.05) is 0 Å². The van der Waals surface area contributed by atoms with Crippen LogP contribution in [0.2, 0.25) is 0 Å². The van der Waals surface area contributed by atoms with Crippen molar-refractivity contribution in [3.05, 3.63) is 63.4 Å². The highest BCUT2D eigenvalue weighted by atomic mass is 79.9. The fourth-order valence-corrected chi connectivity index (χ4v) is 2.69. The predicted octanol–water partition coefficient (Wildman–Crippen LogP) is 5.38. The molecule has 0 heterocycles. The van der Waals surface area contributed by atoms with E-state index in [0.29, 0.717) is 0 Å². The fraction of sp³-hybridized carbons (Fsp3) is 0.250. The van der Waals surface area contributed by atoms with Gasteiger partial charge in [-0.1, -0.05) is 23.8 Å². The largest absolute Gasteiger partial charge is 0.378 e. The summed E-state index contributed by atoms with van der Waals surface area (Å²) in [4.78, 5) is 0. The average molecular weight is 322 g/mol. The van der Waals surface area contributed by atoms with Crippen molar-refractivity contribution in [3.8, 4) is 0 Å². The summed E-state index contributed by atoms with van der Waals surface area (Å²) >= 11 is 3.38. The summed E-state index contributed by atoms with van der Waals surface area (Å²) in [5.74, 6) is -0.239. The van der Waals surface area contributed by atoms with Gasteiger partial charge in [0.15, 0.2) is 0 Å². The first-order valence-corrected chi connectivity index (χ1v) is 7.05. The zero-order chi connectivity index (χ0) is 14.0. The molecule has 0 aliphatic carbocycles. The van der Waals surface area contributed by atoms with Gasteiger partial charge in [0.05, 0.1) is 0 Å². The van der Waals surface area contributed by atoms with Crippen LogP contribution in [0, 0.1) is 19.7 Å². The maximum absolute atomic E-state index is 13.1. The van der Waals surface area contributed by atoms with Gasteiger partial charge in [-0.2, -0.15) is 0 Å². The molecule has 0 fully saturated rings. The molecule has 1 N–H and O–H groups in total.